The molecule has 11 rings (SSSR count). The molecule has 0 saturated carbocycles. The van der Waals surface area contributed by atoms with Crippen molar-refractivity contribution >= 4 is 98.1 Å². The van der Waals surface area contributed by atoms with E-state index in [2.05, 4.69) is 72.1 Å². The van der Waals surface area contributed by atoms with Crippen molar-refractivity contribution in [3.05, 3.63) is 245 Å². The summed E-state index contributed by atoms with van der Waals surface area (Å²) in [5, 5.41) is 61.7. The Morgan fingerprint density at radius 3 is 1.21 bits per heavy atom. The van der Waals surface area contributed by atoms with Crippen molar-refractivity contribution in [1.29, 1.82) is 0 Å². The average molecular weight is 1490 g/mol. The molecule has 96 heavy (non-hydrogen) atoms. The van der Waals surface area contributed by atoms with Crippen LogP contribution in [0.1, 0.15) is 53.3 Å². The topological polar surface area (TPSA) is 324 Å². The minimum absolute atomic E-state index is 0. The number of rotatable bonds is 17. The zero-order chi connectivity index (χ0) is 66.8. The molecule has 0 radical (unpaired) electrons. The number of alkyl halides is 2. The number of hydrogen-bond donors (Lipinski definition) is 2. The van der Waals surface area contributed by atoms with Crippen LogP contribution in [0.25, 0.3) is 22.3 Å². The summed E-state index contributed by atoms with van der Waals surface area (Å²) in [4.78, 5) is 49.9. The first-order valence-corrected chi connectivity index (χ1v) is 28.5. The molecule has 0 unspecified atom stereocenters. The molecule has 0 saturated heterocycles. The normalized spacial score (nSPS) is 10.0. The van der Waals surface area contributed by atoms with Crippen molar-refractivity contribution in [2.45, 2.75) is 55.2 Å². The molecule has 3 aromatic heterocycles. The Kier molecular flexibility index (Phi) is 40.6. The van der Waals surface area contributed by atoms with Crippen LogP contribution in [-0.2, 0) is 25.5 Å². The third-order valence-corrected chi connectivity index (χ3v) is 13.7. The first kappa shape index (κ1) is 84.2. The van der Waals surface area contributed by atoms with Crippen LogP contribution in [-0.4, -0.2) is 131 Å². The molecule has 1 aliphatic rings. The molecule has 0 spiro atoms. The minimum Gasteiger partial charge on any atom is -0.496 e. The molecule has 2 N–H and O–H groups in total. The molecule has 0 bridgehead atoms. The molecule has 32 heteroatoms. The molecule has 0 atom stereocenters. The van der Waals surface area contributed by atoms with Gasteiger partial charge >= 0.3 is 7.12 Å². The van der Waals surface area contributed by atoms with Crippen molar-refractivity contribution < 1.29 is 49.5 Å². The number of aromatic nitrogens is 9. The summed E-state index contributed by atoms with van der Waals surface area (Å²) < 4.78 is 43.6. The third kappa shape index (κ3) is 28.0. The number of halogens is 5. The molecule has 4 heterocycles. The van der Waals surface area contributed by atoms with Crippen LogP contribution >= 0.6 is 55.9 Å². The number of benzene rings is 7. The Bertz CT molecular complexity index is 3840. The zero-order valence-corrected chi connectivity index (χ0v) is 54.2. The van der Waals surface area contributed by atoms with Gasteiger partial charge in [0.2, 0.25) is 0 Å². The van der Waals surface area contributed by atoms with Gasteiger partial charge in [-0.3, -0.25) is 39.7 Å². The number of methoxy groups -OCH3 is 4. The summed E-state index contributed by atoms with van der Waals surface area (Å²) in [6.45, 7) is 2.61. The van der Waals surface area contributed by atoms with Crippen LogP contribution in [0.5, 0.6) is 23.0 Å². The predicted octanol–water partition coefficient (Wildman–Crippen LogP) is 14.0. The molecule has 1 aliphatic heterocycles. The van der Waals surface area contributed by atoms with Crippen LogP contribution in [0.15, 0.2) is 202 Å². The van der Waals surface area contributed by atoms with Crippen LogP contribution in [0.3, 0.4) is 0 Å². The lowest BCUT2D eigenvalue weighted by Gasteiger charge is -2.11. The first-order chi connectivity index (χ1) is 44.4. The van der Waals surface area contributed by atoms with Gasteiger partial charge in [-0.05, 0) is 119 Å². The van der Waals surface area contributed by atoms with Gasteiger partial charge in [-0.2, -0.15) is 15.3 Å². The summed E-state index contributed by atoms with van der Waals surface area (Å²) >= 11 is 12.4. The summed E-state index contributed by atoms with van der Waals surface area (Å²) in [6.07, 6.45) is 12.8. The smallest absolute Gasteiger partial charge is 0.488 e. The lowest BCUT2D eigenvalue weighted by atomic mass is 9.80. The molecule has 26 nitrogen and oxygen atoms in total. The van der Waals surface area contributed by atoms with Gasteiger partial charge in [-0.1, -0.05) is 90.4 Å². The highest BCUT2D eigenvalue weighted by molar-refractivity contribution is 9.11. The van der Waals surface area contributed by atoms with E-state index in [4.69, 9.17) is 42.0 Å². The van der Waals surface area contributed by atoms with Crippen LogP contribution < -0.4 is 24.4 Å². The largest absolute Gasteiger partial charge is 0.496 e. The van der Waals surface area contributed by atoms with Crippen molar-refractivity contribution in [3.63, 3.8) is 0 Å². The van der Waals surface area contributed by atoms with E-state index in [0.29, 0.717) is 37.0 Å². The second-order valence-electron chi connectivity index (χ2n) is 18.1. The molecular weight excluding hydrogens is 1420 g/mol. The van der Waals surface area contributed by atoms with Gasteiger partial charge in [0.1, 0.15) is 67.3 Å². The van der Waals surface area contributed by atoms with Crippen molar-refractivity contribution in [2.24, 2.45) is 9.98 Å². The summed E-state index contributed by atoms with van der Waals surface area (Å²) in [5.41, 5.74) is 7.35. The van der Waals surface area contributed by atoms with Crippen molar-refractivity contribution in [3.8, 4) is 45.3 Å². The highest BCUT2D eigenvalue weighted by Crippen LogP contribution is 2.35. The van der Waals surface area contributed by atoms with Gasteiger partial charge in [0.15, 0.2) is 0 Å². The Morgan fingerprint density at radius 1 is 0.552 bits per heavy atom. The number of aliphatic imine (C=N–C) groups is 2. The van der Waals surface area contributed by atoms with Gasteiger partial charge in [0.05, 0.1) is 86.9 Å². The molecule has 0 aliphatic carbocycles. The van der Waals surface area contributed by atoms with E-state index in [1.165, 1.54) is 61.4 Å². The summed E-state index contributed by atoms with van der Waals surface area (Å²) in [5.74, 6) is 3.51. The second-order valence-corrected chi connectivity index (χ2v) is 20.0. The van der Waals surface area contributed by atoms with Gasteiger partial charge in [-0.15, -0.1) is 24.0 Å². The maximum absolute atomic E-state index is 11.0. The third-order valence-electron chi connectivity index (χ3n) is 12.1. The van der Waals surface area contributed by atoms with Gasteiger partial charge in [0, 0.05) is 59.6 Å². The standard InChI is InChI=1S/2C16H14N4O3.C10H10BrN3O.C8H8BrClO.C6H6BNO4.C3H4N2.CH3F.4CH4.ClH/c2*1-23-16-6-5-12(9-19-11-17-10-18-19)7-15(16)13-3-2-4-14(8-13)20(21)22;1-15-10-3-2-8(4-9(10)11)5-14-7-12-6-13-14;1-11-8-3-2-6(5-10)4-7(8)9;9-7(10)5-2-1-3-6(4-5)8(11)12;1-2-5-3-4-1;1-2;;;;;/h2*2-8,10-11H,9H2,1H3;2-4,6-7H,5H2,1H3;2-4H,5H2,1H3;1-4,9-10H;1,3H,2H2;1H3;4*1H4;1H/i;;;;;;1D;;;;;. The SMILES string of the molecule is C.C.C.C.C1=NC=NC1.COc1ccc(CCl)cc1Br.COc1ccc(Cn2cncn2)cc1-c1cccc([N+](=O)[O-])c1.COc1ccc(Cn2cncn2)cc1-c1cccc([N+](=O)[O-])c1.COc1ccc(Cn2cncn2)cc1Br.Cl.O=[N+]([O-])c1cccc(B(O)O)c1.[2H]CF. The zero-order valence-electron chi connectivity index (χ0n) is 50.5. The fourth-order valence-electron chi connectivity index (χ4n) is 7.87. The van der Waals surface area contributed by atoms with Crippen molar-refractivity contribution in [1.82, 2.24) is 44.3 Å². The molecule has 0 amide bonds. The van der Waals surface area contributed by atoms with E-state index in [1.54, 1.807) is 86.2 Å². The molecule has 7 aromatic carbocycles. The van der Waals surface area contributed by atoms with E-state index in [1.807, 2.05) is 84.9 Å². The lowest BCUT2D eigenvalue weighted by Crippen LogP contribution is -2.29. The maximum Gasteiger partial charge on any atom is 0.488 e. The Morgan fingerprint density at radius 2 is 0.906 bits per heavy atom. The van der Waals surface area contributed by atoms with E-state index >= 15 is 0 Å². The predicted molar refractivity (Wildman–Crippen MR) is 384 cm³/mol. The maximum atomic E-state index is 11.0. The molecule has 10 aromatic rings. The Labute approximate surface area is 586 Å². The van der Waals surface area contributed by atoms with Crippen LogP contribution in [0.2, 0.25) is 0 Å². The Hall–Kier alpha value is -9.85. The number of ether oxygens (including phenoxy) is 4. The average Bonchev–Trinajstić information content (AvgIpc) is 1.36. The van der Waals surface area contributed by atoms with E-state index < -0.39 is 29.0 Å². The minimum atomic E-state index is -1.66. The number of non-ortho nitro benzene ring substituents is 3. The van der Waals surface area contributed by atoms with Crippen molar-refractivity contribution in [2.75, 3.05) is 42.1 Å². The number of nitrogens with zero attached hydrogens (tertiary/aromatic N) is 14. The monoisotopic (exact) mass is 1490 g/mol. The number of nitro groups is 3. The fourth-order valence-corrected chi connectivity index (χ4v) is 9.21. The fraction of sp³-hybridized carbons (Fsp3) is 0.219. The van der Waals surface area contributed by atoms with Crippen LogP contribution in [0, 0.1) is 30.3 Å². The first-order valence-electron chi connectivity index (χ1n) is 27.1. The van der Waals surface area contributed by atoms with Gasteiger partial charge < -0.3 is 29.0 Å². The van der Waals surface area contributed by atoms with E-state index in [-0.39, 0.29) is 64.6 Å². The Balaban J connectivity index is 0.00000117. The quantitative estimate of drug-likeness (QED) is 0.0370. The highest BCUT2D eigenvalue weighted by Gasteiger charge is 2.16. The number of hydrogen-bond acceptors (Lipinski definition) is 20. The molecule has 512 valence electrons. The lowest BCUT2D eigenvalue weighted by molar-refractivity contribution is -0.385. The highest BCUT2D eigenvalue weighted by atomic mass is 79.9. The van der Waals surface area contributed by atoms with Gasteiger partial charge in [0.25, 0.3) is 17.1 Å². The van der Waals surface area contributed by atoms with Crippen LogP contribution in [0.4, 0.5) is 21.5 Å². The van der Waals surface area contributed by atoms with E-state index in [0.717, 1.165) is 77.6 Å². The number of nitro benzene ring substituents is 3. The summed E-state index contributed by atoms with van der Waals surface area (Å²) in [6, 6.07) is 41.4. The molecular formula is C64H76BBr2Cl2FN14O12. The summed E-state index contributed by atoms with van der Waals surface area (Å²) in [7, 11) is 3.78. The van der Waals surface area contributed by atoms with Gasteiger partial charge in [-0.25, -0.2) is 34.0 Å². The second kappa shape index (κ2) is 46.3. The van der Waals surface area contributed by atoms with E-state index in [9.17, 15) is 34.7 Å². The molecule has 0 fully saturated rings.